The van der Waals surface area contributed by atoms with Crippen LogP contribution >= 0.6 is 11.3 Å². The summed E-state index contributed by atoms with van der Waals surface area (Å²) in [5, 5.41) is 7.18. The van der Waals surface area contributed by atoms with Gasteiger partial charge in [-0.25, -0.2) is 0 Å². The van der Waals surface area contributed by atoms with Gasteiger partial charge in [0.2, 0.25) is 5.91 Å². The highest BCUT2D eigenvalue weighted by atomic mass is 32.1. The minimum Gasteiger partial charge on any atom is -0.397 e. The average Bonchev–Trinajstić information content (AvgIpc) is 2.75. The smallest absolute Gasteiger partial charge is 0.263 e. The fraction of sp³-hybridized carbons (Fsp3) is 0.333. The Labute approximate surface area is 90.7 Å². The maximum absolute atomic E-state index is 11.7. The summed E-state index contributed by atoms with van der Waals surface area (Å²) >= 11 is 1.30. The molecule has 15 heavy (non-hydrogen) atoms. The van der Waals surface area contributed by atoms with E-state index in [1.54, 1.807) is 11.4 Å². The second-order valence-electron chi connectivity index (χ2n) is 3.38. The van der Waals surface area contributed by atoms with Crippen LogP contribution in [0.25, 0.3) is 0 Å². The van der Waals surface area contributed by atoms with Gasteiger partial charge < -0.3 is 16.4 Å². The Hall–Kier alpha value is -1.56. The van der Waals surface area contributed by atoms with E-state index in [1.807, 2.05) is 0 Å². The van der Waals surface area contributed by atoms with Crippen LogP contribution in [0.5, 0.6) is 0 Å². The number of nitrogens with two attached hydrogens (primary N) is 1. The van der Waals surface area contributed by atoms with Crippen molar-refractivity contribution in [2.24, 2.45) is 0 Å². The minimum atomic E-state index is -0.205. The molecule has 2 heterocycles. The third kappa shape index (κ3) is 2.10. The van der Waals surface area contributed by atoms with Gasteiger partial charge in [-0.3, -0.25) is 9.59 Å². The van der Waals surface area contributed by atoms with Crippen molar-refractivity contribution >= 4 is 28.8 Å². The number of carbonyl (C=O) groups excluding carboxylic acids is 2. The van der Waals surface area contributed by atoms with Gasteiger partial charge in [0.15, 0.2) is 0 Å². The molecule has 2 rings (SSSR count). The van der Waals surface area contributed by atoms with Crippen molar-refractivity contribution in [3.05, 3.63) is 16.3 Å². The summed E-state index contributed by atoms with van der Waals surface area (Å²) in [6, 6.07) is 1.57. The molecule has 1 aliphatic rings. The molecule has 0 saturated carbocycles. The van der Waals surface area contributed by atoms with Gasteiger partial charge in [0.25, 0.3) is 5.91 Å². The van der Waals surface area contributed by atoms with Crippen LogP contribution in [0.2, 0.25) is 0 Å². The van der Waals surface area contributed by atoms with Gasteiger partial charge in [-0.1, -0.05) is 0 Å². The van der Waals surface area contributed by atoms with Gasteiger partial charge in [0, 0.05) is 13.0 Å². The molecule has 1 saturated heterocycles. The number of anilines is 1. The molecule has 0 spiro atoms. The molecule has 0 aliphatic carbocycles. The number of thiophene rings is 1. The molecule has 80 valence electrons. The molecule has 1 aromatic heterocycles. The third-order valence-corrected chi connectivity index (χ3v) is 3.14. The van der Waals surface area contributed by atoms with Crippen molar-refractivity contribution in [1.29, 1.82) is 0 Å². The second-order valence-corrected chi connectivity index (χ2v) is 4.30. The normalized spacial score (nSPS) is 20.0. The molecule has 0 bridgehead atoms. The van der Waals surface area contributed by atoms with E-state index in [-0.39, 0.29) is 17.9 Å². The van der Waals surface area contributed by atoms with Crippen LogP contribution in [0.15, 0.2) is 11.4 Å². The van der Waals surface area contributed by atoms with E-state index < -0.39 is 0 Å². The minimum absolute atomic E-state index is 0.0283. The fourth-order valence-electron chi connectivity index (χ4n) is 1.46. The Kier molecular flexibility index (Phi) is 2.59. The molecule has 1 aromatic rings. The Morgan fingerprint density at radius 2 is 2.47 bits per heavy atom. The van der Waals surface area contributed by atoms with Crippen LogP contribution in [0.1, 0.15) is 16.1 Å². The number of carbonyl (C=O) groups is 2. The van der Waals surface area contributed by atoms with Crippen LogP contribution < -0.4 is 16.4 Å². The van der Waals surface area contributed by atoms with Gasteiger partial charge in [-0.15, -0.1) is 11.3 Å². The lowest BCUT2D eigenvalue weighted by atomic mass is 10.2. The molecule has 1 aliphatic heterocycles. The number of nitrogen functional groups attached to an aromatic ring is 1. The van der Waals surface area contributed by atoms with E-state index >= 15 is 0 Å². The lowest BCUT2D eigenvalue weighted by Crippen LogP contribution is -2.36. The summed E-state index contributed by atoms with van der Waals surface area (Å²) in [5.41, 5.74) is 6.09. The molecular weight excluding hydrogens is 214 g/mol. The molecule has 1 fully saturated rings. The maximum atomic E-state index is 11.7. The van der Waals surface area contributed by atoms with Gasteiger partial charge in [0.05, 0.1) is 11.7 Å². The molecule has 1 unspecified atom stereocenters. The van der Waals surface area contributed by atoms with Crippen molar-refractivity contribution in [3.8, 4) is 0 Å². The second kappa shape index (κ2) is 3.90. The summed E-state index contributed by atoms with van der Waals surface area (Å²) in [6.07, 6.45) is 0.344. The van der Waals surface area contributed by atoms with Crippen LogP contribution in [-0.2, 0) is 4.79 Å². The van der Waals surface area contributed by atoms with E-state index in [2.05, 4.69) is 10.6 Å². The highest BCUT2D eigenvalue weighted by Gasteiger charge is 2.24. The largest absolute Gasteiger partial charge is 0.397 e. The number of rotatable bonds is 2. The first-order chi connectivity index (χ1) is 7.16. The first kappa shape index (κ1) is 9.97. The van der Waals surface area contributed by atoms with Crippen LogP contribution in [0.4, 0.5) is 5.69 Å². The summed E-state index contributed by atoms with van der Waals surface area (Å²) in [4.78, 5) is 23.1. The van der Waals surface area contributed by atoms with Gasteiger partial charge in [-0.05, 0) is 11.4 Å². The predicted molar refractivity (Wildman–Crippen MR) is 57.6 cm³/mol. The predicted octanol–water partition coefficient (Wildman–Crippen LogP) is -0.0514. The van der Waals surface area contributed by atoms with E-state index in [4.69, 9.17) is 5.73 Å². The Morgan fingerprint density at radius 1 is 1.67 bits per heavy atom. The van der Waals surface area contributed by atoms with Gasteiger partial charge in [0.1, 0.15) is 4.88 Å². The standard InChI is InChI=1S/C9H11N3O2S/c10-6-1-2-15-8(6)9(14)12-5-3-7(13)11-4-5/h1-2,5H,3-4,10H2,(H,11,13)(H,12,14). The van der Waals surface area contributed by atoms with Crippen molar-refractivity contribution in [1.82, 2.24) is 10.6 Å². The number of amides is 2. The van der Waals surface area contributed by atoms with Crippen molar-refractivity contribution in [2.75, 3.05) is 12.3 Å². The van der Waals surface area contributed by atoms with Crippen LogP contribution in [-0.4, -0.2) is 24.4 Å². The van der Waals surface area contributed by atoms with Crippen molar-refractivity contribution < 1.29 is 9.59 Å². The Morgan fingerprint density at radius 3 is 3.00 bits per heavy atom. The topological polar surface area (TPSA) is 84.2 Å². The zero-order chi connectivity index (χ0) is 10.8. The SMILES string of the molecule is Nc1ccsc1C(=O)NC1CNC(=O)C1. The van der Waals surface area contributed by atoms with Gasteiger partial charge in [-0.2, -0.15) is 0 Å². The van der Waals surface area contributed by atoms with E-state index in [0.717, 1.165) is 0 Å². The quantitative estimate of drug-likeness (QED) is 0.659. The molecule has 4 N–H and O–H groups in total. The van der Waals surface area contributed by atoms with E-state index in [0.29, 0.717) is 23.5 Å². The molecule has 6 heteroatoms. The molecule has 0 radical (unpaired) electrons. The van der Waals surface area contributed by atoms with E-state index in [9.17, 15) is 9.59 Å². The first-order valence-electron chi connectivity index (χ1n) is 4.57. The number of nitrogens with one attached hydrogen (secondary N) is 2. The van der Waals surface area contributed by atoms with Gasteiger partial charge >= 0.3 is 0 Å². The summed E-state index contributed by atoms with van der Waals surface area (Å²) in [7, 11) is 0. The summed E-state index contributed by atoms with van der Waals surface area (Å²) < 4.78 is 0. The molecule has 1 atom stereocenters. The van der Waals surface area contributed by atoms with Crippen LogP contribution in [0, 0.1) is 0 Å². The zero-order valence-electron chi connectivity index (χ0n) is 7.95. The molecular formula is C9H11N3O2S. The lowest BCUT2D eigenvalue weighted by molar-refractivity contribution is -0.119. The first-order valence-corrected chi connectivity index (χ1v) is 5.45. The van der Waals surface area contributed by atoms with Crippen LogP contribution in [0.3, 0.4) is 0 Å². The Bertz CT molecular complexity index is 402. The highest BCUT2D eigenvalue weighted by Crippen LogP contribution is 2.18. The zero-order valence-corrected chi connectivity index (χ0v) is 8.76. The molecule has 0 aromatic carbocycles. The molecule has 5 nitrogen and oxygen atoms in total. The van der Waals surface area contributed by atoms with Crippen molar-refractivity contribution in [3.63, 3.8) is 0 Å². The average molecular weight is 225 g/mol. The highest BCUT2D eigenvalue weighted by molar-refractivity contribution is 7.12. The monoisotopic (exact) mass is 225 g/mol. The number of hydrogen-bond donors (Lipinski definition) is 3. The fourth-order valence-corrected chi connectivity index (χ4v) is 2.18. The maximum Gasteiger partial charge on any atom is 0.263 e. The molecule has 2 amide bonds. The lowest BCUT2D eigenvalue weighted by Gasteiger charge is -2.09. The number of hydrogen-bond acceptors (Lipinski definition) is 4. The van der Waals surface area contributed by atoms with Crippen molar-refractivity contribution in [2.45, 2.75) is 12.5 Å². The Balaban J connectivity index is 1.98. The third-order valence-electron chi connectivity index (χ3n) is 2.21. The summed E-state index contributed by atoms with van der Waals surface area (Å²) in [6.45, 7) is 0.496. The summed E-state index contributed by atoms with van der Waals surface area (Å²) in [5.74, 6) is -0.233. The van der Waals surface area contributed by atoms with E-state index in [1.165, 1.54) is 11.3 Å².